The van der Waals surface area contributed by atoms with E-state index in [9.17, 15) is 14.4 Å². The van der Waals surface area contributed by atoms with E-state index in [0.29, 0.717) is 23.5 Å². The van der Waals surface area contributed by atoms with Gasteiger partial charge in [-0.05, 0) is 80.5 Å². The molecule has 0 bridgehead atoms. The minimum absolute atomic E-state index is 0.00277. The number of carbonyl (C=O) groups is 3. The van der Waals surface area contributed by atoms with E-state index in [4.69, 9.17) is 4.74 Å². The summed E-state index contributed by atoms with van der Waals surface area (Å²) in [6, 6.07) is 0. The number of ether oxygens (including phenoxy) is 1. The average molecular weight is 453 g/mol. The number of rotatable bonds is 2. The molecule has 4 aliphatic rings. The van der Waals surface area contributed by atoms with Gasteiger partial charge in [-0.1, -0.05) is 29.8 Å². The molecule has 4 nitrogen and oxygen atoms in total. The molecule has 0 radical (unpaired) electrons. The van der Waals surface area contributed by atoms with E-state index < -0.39 is 0 Å². The van der Waals surface area contributed by atoms with Crippen LogP contribution in [0.4, 0.5) is 0 Å². The molecule has 0 amide bonds. The number of ketones is 2. The smallest absolute Gasteiger partial charge is 0.302 e. The number of halogens is 1. The lowest BCUT2D eigenvalue weighted by Crippen LogP contribution is -2.62. The summed E-state index contributed by atoms with van der Waals surface area (Å²) in [6.45, 7) is 7.69. The maximum atomic E-state index is 13.8. The van der Waals surface area contributed by atoms with Gasteiger partial charge < -0.3 is 4.74 Å². The Balaban J connectivity index is 1.64. The van der Waals surface area contributed by atoms with Crippen LogP contribution < -0.4 is 0 Å². The van der Waals surface area contributed by atoms with Gasteiger partial charge in [-0.15, -0.1) is 0 Å². The van der Waals surface area contributed by atoms with Gasteiger partial charge in [0.1, 0.15) is 11.9 Å². The van der Waals surface area contributed by atoms with Gasteiger partial charge in [-0.25, -0.2) is 0 Å². The Morgan fingerprint density at radius 2 is 1.79 bits per heavy atom. The molecular formula is C23H33BrO4. The van der Waals surface area contributed by atoms with E-state index in [0.717, 1.165) is 44.9 Å². The molecular weight excluding hydrogens is 420 g/mol. The number of Topliss-reactive ketones (excluding diaryl/α,β-unsaturated/α-hetero) is 2. The Morgan fingerprint density at radius 3 is 2.43 bits per heavy atom. The van der Waals surface area contributed by atoms with E-state index in [2.05, 4.69) is 29.8 Å². The summed E-state index contributed by atoms with van der Waals surface area (Å²) in [5, 5.41) is 0. The van der Waals surface area contributed by atoms with Crippen LogP contribution >= 0.6 is 15.9 Å². The number of carbonyl (C=O) groups excluding carboxylic acids is 3. The molecule has 0 heterocycles. The maximum Gasteiger partial charge on any atom is 0.302 e. The van der Waals surface area contributed by atoms with Crippen LogP contribution in [0.25, 0.3) is 0 Å². The fraction of sp³-hybridized carbons (Fsp3) is 0.870. The van der Waals surface area contributed by atoms with E-state index >= 15 is 0 Å². The molecule has 4 fully saturated rings. The minimum Gasteiger partial charge on any atom is -0.463 e. The van der Waals surface area contributed by atoms with Crippen LogP contribution in [0.3, 0.4) is 0 Å². The SMILES string of the molecule is CC(=O)O[C@H]1CC[C@@]2(C)[C@@H](CC[C@@H]3[C@@H]2C(=O)[C@H](Br)[C@]2(C)[C@@H](C(C)=O)CC[C@@H]32)C1. The highest BCUT2D eigenvalue weighted by Crippen LogP contribution is 2.67. The quantitative estimate of drug-likeness (QED) is 0.449. The third-order valence-corrected chi connectivity index (χ3v) is 10.7. The summed E-state index contributed by atoms with van der Waals surface area (Å²) in [5.41, 5.74) is -0.263. The van der Waals surface area contributed by atoms with Crippen LogP contribution in [-0.4, -0.2) is 28.5 Å². The van der Waals surface area contributed by atoms with Crippen molar-refractivity contribution >= 4 is 33.5 Å². The van der Waals surface area contributed by atoms with Crippen LogP contribution in [0.2, 0.25) is 0 Å². The second kappa shape index (κ2) is 6.92. The summed E-state index contributed by atoms with van der Waals surface area (Å²) in [6.07, 6.45) is 6.84. The predicted molar refractivity (Wildman–Crippen MR) is 110 cm³/mol. The molecule has 4 rings (SSSR count). The van der Waals surface area contributed by atoms with Gasteiger partial charge in [-0.3, -0.25) is 14.4 Å². The first-order chi connectivity index (χ1) is 13.1. The normalized spacial score (nSPS) is 50.3. The number of fused-ring (bicyclic) bond motifs is 5. The molecule has 4 aliphatic carbocycles. The zero-order chi connectivity index (χ0) is 20.4. The Bertz CT molecular complexity index is 705. The van der Waals surface area contributed by atoms with Crippen LogP contribution in [0.15, 0.2) is 0 Å². The zero-order valence-corrected chi connectivity index (χ0v) is 19.1. The lowest BCUT2D eigenvalue weighted by atomic mass is 9.44. The highest BCUT2D eigenvalue weighted by molar-refractivity contribution is 9.10. The molecule has 0 unspecified atom stereocenters. The van der Waals surface area contributed by atoms with Crippen LogP contribution in [0, 0.1) is 40.4 Å². The Labute approximate surface area is 176 Å². The molecule has 0 aromatic carbocycles. The third kappa shape index (κ3) is 2.78. The molecule has 0 N–H and O–H groups in total. The van der Waals surface area contributed by atoms with Gasteiger partial charge in [0.25, 0.3) is 0 Å². The van der Waals surface area contributed by atoms with Crippen LogP contribution in [0.1, 0.15) is 72.6 Å². The Morgan fingerprint density at radius 1 is 1.07 bits per heavy atom. The van der Waals surface area contributed by atoms with Crippen molar-refractivity contribution < 1.29 is 19.1 Å². The largest absolute Gasteiger partial charge is 0.463 e. The van der Waals surface area contributed by atoms with Gasteiger partial charge in [0.15, 0.2) is 5.78 Å². The number of esters is 1. The van der Waals surface area contributed by atoms with Crippen molar-refractivity contribution in [2.75, 3.05) is 0 Å². The number of hydrogen-bond donors (Lipinski definition) is 0. The minimum atomic E-state index is -0.248. The molecule has 0 aromatic rings. The fourth-order valence-corrected chi connectivity index (χ4v) is 8.91. The highest BCUT2D eigenvalue weighted by atomic mass is 79.9. The van der Waals surface area contributed by atoms with Crippen LogP contribution in [-0.2, 0) is 19.1 Å². The van der Waals surface area contributed by atoms with Crippen molar-refractivity contribution in [3.05, 3.63) is 0 Å². The van der Waals surface area contributed by atoms with Gasteiger partial charge in [0, 0.05) is 18.8 Å². The molecule has 28 heavy (non-hydrogen) atoms. The van der Waals surface area contributed by atoms with E-state index in [1.807, 2.05) is 0 Å². The molecule has 5 heteroatoms. The molecule has 0 saturated heterocycles. The van der Waals surface area contributed by atoms with Gasteiger partial charge in [-0.2, -0.15) is 0 Å². The number of alkyl halides is 1. The molecule has 156 valence electrons. The first kappa shape index (κ1) is 20.6. The molecule has 4 saturated carbocycles. The summed E-state index contributed by atoms with van der Waals surface area (Å²) >= 11 is 3.80. The Hall–Kier alpha value is -0.710. The van der Waals surface area contributed by atoms with Gasteiger partial charge in [0.2, 0.25) is 0 Å². The van der Waals surface area contributed by atoms with Gasteiger partial charge >= 0.3 is 5.97 Å². The Kier molecular flexibility index (Phi) is 5.08. The topological polar surface area (TPSA) is 60.4 Å². The van der Waals surface area contributed by atoms with Crippen LogP contribution in [0.5, 0.6) is 0 Å². The van der Waals surface area contributed by atoms with Crippen molar-refractivity contribution in [1.82, 2.24) is 0 Å². The van der Waals surface area contributed by atoms with Crippen molar-refractivity contribution in [3.8, 4) is 0 Å². The maximum absolute atomic E-state index is 13.8. The molecule has 0 aliphatic heterocycles. The number of hydrogen-bond acceptors (Lipinski definition) is 4. The lowest BCUT2D eigenvalue weighted by Gasteiger charge is -2.61. The molecule has 0 aromatic heterocycles. The molecule has 0 spiro atoms. The second-order valence-electron chi connectivity index (χ2n) is 10.4. The van der Waals surface area contributed by atoms with E-state index in [-0.39, 0.29) is 45.3 Å². The van der Waals surface area contributed by atoms with Crippen molar-refractivity contribution in [2.45, 2.75) is 83.6 Å². The van der Waals surface area contributed by atoms with Crippen molar-refractivity contribution in [2.24, 2.45) is 40.4 Å². The first-order valence-corrected chi connectivity index (χ1v) is 11.9. The fourth-order valence-electron chi connectivity index (χ4n) is 7.97. The highest BCUT2D eigenvalue weighted by Gasteiger charge is 2.67. The monoisotopic (exact) mass is 452 g/mol. The lowest BCUT2D eigenvalue weighted by molar-refractivity contribution is -0.168. The zero-order valence-electron chi connectivity index (χ0n) is 17.5. The summed E-state index contributed by atoms with van der Waals surface area (Å²) < 4.78 is 5.52. The average Bonchev–Trinajstić information content (AvgIpc) is 2.97. The summed E-state index contributed by atoms with van der Waals surface area (Å²) in [7, 11) is 0. The third-order valence-electron chi connectivity index (χ3n) is 9.23. The van der Waals surface area contributed by atoms with Gasteiger partial charge in [0.05, 0.1) is 4.83 Å². The van der Waals surface area contributed by atoms with Crippen molar-refractivity contribution in [1.29, 1.82) is 0 Å². The summed E-state index contributed by atoms with van der Waals surface area (Å²) in [5.74, 6) is 1.70. The van der Waals surface area contributed by atoms with E-state index in [1.165, 1.54) is 6.92 Å². The van der Waals surface area contributed by atoms with E-state index in [1.54, 1.807) is 6.92 Å². The second-order valence-corrected chi connectivity index (χ2v) is 11.3. The first-order valence-electron chi connectivity index (χ1n) is 11.0. The summed E-state index contributed by atoms with van der Waals surface area (Å²) in [4.78, 5) is 37.3. The van der Waals surface area contributed by atoms with Crippen molar-refractivity contribution in [3.63, 3.8) is 0 Å². The standard InChI is InChI=1S/C23H33BrO4/c1-12(25)17-7-8-18-16-6-5-14-11-15(28-13(2)26)9-10-22(14,3)19(16)20(27)21(24)23(17,18)4/h14-19,21H,5-11H2,1-4H3/t14-,15-,16-,17+,18-,19+,21-,22-,23+/m0/s1. The predicted octanol–water partition coefficient (Wildman–Crippen LogP) is 4.72. The molecule has 9 atom stereocenters.